The summed E-state index contributed by atoms with van der Waals surface area (Å²) in [5, 5.41) is 11.5. The Kier molecular flexibility index (Phi) is 5.76. The topological polar surface area (TPSA) is 114 Å². The second kappa shape index (κ2) is 8.49. The number of piperidine rings is 1. The Balaban J connectivity index is 1.47. The highest BCUT2D eigenvalue weighted by molar-refractivity contribution is 7.80. The molecule has 2 bridgehead atoms. The Morgan fingerprint density at radius 2 is 2.15 bits per heavy atom. The number of nitrogens with one attached hydrogen (secondary N) is 1. The molecule has 1 saturated heterocycles. The minimum atomic E-state index is -1.16. The number of nitrogens with zero attached hydrogens (tertiary/aromatic N) is 1. The third-order valence-electron chi connectivity index (χ3n) is 7.59. The lowest BCUT2D eigenvalue weighted by molar-refractivity contribution is -0.152. The van der Waals surface area contributed by atoms with Crippen LogP contribution in [0.25, 0.3) is 0 Å². The van der Waals surface area contributed by atoms with Crippen LogP contribution >= 0.6 is 12.6 Å². The van der Waals surface area contributed by atoms with Gasteiger partial charge < -0.3 is 29.5 Å². The molecule has 5 rings (SSSR count). The van der Waals surface area contributed by atoms with Crippen molar-refractivity contribution in [1.29, 1.82) is 0 Å². The van der Waals surface area contributed by atoms with Crippen LogP contribution in [-0.4, -0.2) is 78.1 Å². The summed E-state index contributed by atoms with van der Waals surface area (Å²) in [5.74, 6) is -0.885. The number of ether oxygens (including phenoxy) is 3. The minimum Gasteiger partial charge on any atom is -0.481 e. The first-order chi connectivity index (χ1) is 16.3. The van der Waals surface area contributed by atoms with Gasteiger partial charge in [0.2, 0.25) is 0 Å². The molecule has 0 saturated carbocycles. The zero-order valence-corrected chi connectivity index (χ0v) is 19.9. The molecule has 0 aromatic heterocycles. The van der Waals surface area contributed by atoms with Crippen LogP contribution in [0, 0.1) is 5.92 Å². The number of rotatable bonds is 7. The van der Waals surface area contributed by atoms with Crippen molar-refractivity contribution in [3.05, 3.63) is 35.4 Å². The number of likely N-dealkylation sites (tertiary alicyclic amines) is 1. The number of aliphatic carboxylic acids is 1. The van der Waals surface area contributed by atoms with Crippen LogP contribution in [0.4, 0.5) is 0 Å². The van der Waals surface area contributed by atoms with Gasteiger partial charge in [0.1, 0.15) is 12.1 Å². The van der Waals surface area contributed by atoms with Crippen molar-refractivity contribution >= 4 is 30.5 Å². The predicted octanol–water partition coefficient (Wildman–Crippen LogP) is 0.941. The highest BCUT2D eigenvalue weighted by atomic mass is 32.1. The van der Waals surface area contributed by atoms with Gasteiger partial charge in [0.25, 0.3) is 5.91 Å². The zero-order valence-electron chi connectivity index (χ0n) is 19.0. The third-order valence-corrected chi connectivity index (χ3v) is 7.96. The van der Waals surface area contributed by atoms with Crippen molar-refractivity contribution in [3.8, 4) is 11.5 Å². The van der Waals surface area contributed by atoms with Crippen LogP contribution in [0.15, 0.2) is 24.3 Å². The maximum atomic E-state index is 12.3. The van der Waals surface area contributed by atoms with Crippen molar-refractivity contribution in [2.75, 3.05) is 26.0 Å². The second-order valence-corrected chi connectivity index (χ2v) is 9.79. The molecule has 1 spiro atoms. The summed E-state index contributed by atoms with van der Waals surface area (Å²) in [6.45, 7) is 1.94. The fourth-order valence-electron chi connectivity index (χ4n) is 6.18. The van der Waals surface area contributed by atoms with Gasteiger partial charge in [-0.05, 0) is 44.1 Å². The van der Waals surface area contributed by atoms with Crippen molar-refractivity contribution in [2.24, 2.45) is 5.92 Å². The fourth-order valence-corrected chi connectivity index (χ4v) is 6.43. The molecule has 0 unspecified atom stereocenters. The fraction of sp³-hybridized carbons (Fsp3) is 0.542. The number of hydrogen-bond donors (Lipinski definition) is 3. The van der Waals surface area contributed by atoms with Gasteiger partial charge in [-0.15, -0.1) is 0 Å². The predicted molar refractivity (Wildman–Crippen MR) is 124 cm³/mol. The Hall–Kier alpha value is -2.72. The average molecular weight is 489 g/mol. The van der Waals surface area contributed by atoms with Crippen molar-refractivity contribution in [1.82, 2.24) is 10.2 Å². The van der Waals surface area contributed by atoms with Gasteiger partial charge >= 0.3 is 11.9 Å². The first kappa shape index (κ1) is 23.0. The molecule has 9 nitrogen and oxygen atoms in total. The molecule has 2 aliphatic heterocycles. The maximum absolute atomic E-state index is 12.3. The molecule has 2 N–H and O–H groups in total. The molecule has 1 aromatic carbocycles. The molecule has 1 fully saturated rings. The number of amides is 1. The molecular weight excluding hydrogens is 460 g/mol. The highest BCUT2D eigenvalue weighted by Crippen LogP contribution is 2.62. The number of carbonyl (C=O) groups excluding carboxylic acids is 2. The molecule has 6 atom stereocenters. The Morgan fingerprint density at radius 1 is 1.35 bits per heavy atom. The number of carbonyl (C=O) groups is 3. The molecule has 1 amide bonds. The van der Waals surface area contributed by atoms with E-state index in [9.17, 15) is 14.4 Å². The number of likely N-dealkylation sites (N-methyl/N-ethyl adjacent to an activating group) is 1. The van der Waals surface area contributed by atoms with Crippen LogP contribution in [0.5, 0.6) is 11.5 Å². The van der Waals surface area contributed by atoms with Crippen LogP contribution in [0.3, 0.4) is 0 Å². The zero-order chi connectivity index (χ0) is 24.2. The SMILES string of the molecule is CC(=O)O[C@H]1C=C[C@H]2[C@H]3Cc4ccc(OCC(=O)N[C@@H](CS)C(=O)O)c5c4[C@@]2(CCN3C)[C@@H]1O5. The van der Waals surface area contributed by atoms with Gasteiger partial charge in [-0.1, -0.05) is 12.1 Å². The van der Waals surface area contributed by atoms with Gasteiger partial charge in [-0.3, -0.25) is 9.59 Å². The second-order valence-electron chi connectivity index (χ2n) is 9.42. The van der Waals surface area contributed by atoms with Gasteiger partial charge in [0, 0.05) is 35.6 Å². The molecule has 10 heteroatoms. The van der Waals surface area contributed by atoms with Crippen LogP contribution in [0.1, 0.15) is 24.5 Å². The highest BCUT2D eigenvalue weighted by Gasteiger charge is 2.65. The minimum absolute atomic E-state index is 0.0278. The lowest BCUT2D eigenvalue weighted by Crippen LogP contribution is -2.65. The van der Waals surface area contributed by atoms with Crippen LogP contribution < -0.4 is 14.8 Å². The Morgan fingerprint density at radius 3 is 2.85 bits per heavy atom. The van der Waals surface area contributed by atoms with E-state index in [2.05, 4.69) is 36.0 Å². The summed E-state index contributed by atoms with van der Waals surface area (Å²) < 4.78 is 18.0. The van der Waals surface area contributed by atoms with E-state index in [-0.39, 0.29) is 35.8 Å². The average Bonchev–Trinajstić information content (AvgIpc) is 3.14. The first-order valence-corrected chi connectivity index (χ1v) is 12.0. The summed E-state index contributed by atoms with van der Waals surface area (Å²) in [5.41, 5.74) is 1.93. The number of esters is 1. The summed E-state index contributed by atoms with van der Waals surface area (Å²) in [4.78, 5) is 37.7. The van der Waals surface area contributed by atoms with E-state index in [0.29, 0.717) is 17.5 Å². The van der Waals surface area contributed by atoms with E-state index in [1.54, 1.807) is 6.07 Å². The van der Waals surface area contributed by atoms with E-state index in [4.69, 9.17) is 19.3 Å². The summed E-state index contributed by atoms with van der Waals surface area (Å²) in [6, 6.07) is 3.05. The van der Waals surface area contributed by atoms with Crippen LogP contribution in [0.2, 0.25) is 0 Å². The summed E-state index contributed by atoms with van der Waals surface area (Å²) >= 11 is 3.96. The normalized spacial score (nSPS) is 31.1. The van der Waals surface area contributed by atoms with Crippen molar-refractivity contribution in [2.45, 2.75) is 49.5 Å². The first-order valence-electron chi connectivity index (χ1n) is 11.4. The molecular formula is C24H28N2O7S. The summed E-state index contributed by atoms with van der Waals surface area (Å²) in [7, 11) is 2.14. The number of benzene rings is 1. The monoisotopic (exact) mass is 488 g/mol. The molecule has 1 aromatic rings. The number of thiol groups is 1. The van der Waals surface area contributed by atoms with Gasteiger partial charge in [0.15, 0.2) is 24.2 Å². The Labute approximate surface area is 202 Å². The number of carboxylic acids is 1. The standard InChI is InChI=1S/C24H28N2O7S/c1-12(27)32-18-6-4-14-16-9-13-3-5-17(31-10-19(28)25-15(11-34)23(29)30)21-20(13)24(14,22(18)33-21)7-8-26(16)2/h3-6,14-16,18,22,34H,7-11H2,1-2H3,(H,25,28)(H,29,30)/t14-,15-,16+,18-,22+,24-/m0/s1. The largest absolute Gasteiger partial charge is 0.481 e. The molecule has 2 aliphatic carbocycles. The summed E-state index contributed by atoms with van der Waals surface area (Å²) in [6.07, 6.45) is 4.94. The maximum Gasteiger partial charge on any atom is 0.327 e. The van der Waals surface area contributed by atoms with Crippen molar-refractivity contribution < 1.29 is 33.7 Å². The van der Waals surface area contributed by atoms with Gasteiger partial charge in [-0.25, -0.2) is 4.79 Å². The molecule has 34 heavy (non-hydrogen) atoms. The van der Waals surface area contributed by atoms with E-state index in [1.165, 1.54) is 12.5 Å². The van der Waals surface area contributed by atoms with Crippen molar-refractivity contribution in [3.63, 3.8) is 0 Å². The third kappa shape index (κ3) is 3.46. The molecule has 2 heterocycles. The molecule has 0 radical (unpaired) electrons. The van der Waals surface area contributed by atoms with E-state index in [1.807, 2.05) is 12.1 Å². The van der Waals surface area contributed by atoms with Gasteiger partial charge in [0.05, 0.1) is 0 Å². The van der Waals surface area contributed by atoms with Crippen LogP contribution in [-0.2, 0) is 31.0 Å². The molecule has 182 valence electrons. The van der Waals surface area contributed by atoms with E-state index in [0.717, 1.165) is 24.9 Å². The van der Waals surface area contributed by atoms with E-state index < -0.39 is 24.0 Å². The lowest BCUT2D eigenvalue weighted by atomic mass is 9.53. The Bertz CT molecular complexity index is 1080. The number of carboxylic acid groups (broad SMARTS) is 1. The van der Waals surface area contributed by atoms with E-state index >= 15 is 0 Å². The lowest BCUT2D eigenvalue weighted by Gasteiger charge is -2.56. The smallest absolute Gasteiger partial charge is 0.327 e. The quantitative estimate of drug-likeness (QED) is 0.295. The number of hydrogen-bond acceptors (Lipinski definition) is 8. The molecule has 4 aliphatic rings. The van der Waals surface area contributed by atoms with Gasteiger partial charge in [-0.2, -0.15) is 12.6 Å².